The smallest absolute Gasteiger partial charge is 0.354 e. The maximum absolute atomic E-state index is 12.9. The maximum Gasteiger partial charge on any atom is 0.354 e. The van der Waals surface area contributed by atoms with E-state index in [9.17, 15) is 14.0 Å². The molecule has 7 heteroatoms. The average Bonchev–Trinajstić information content (AvgIpc) is 2.39. The molecule has 0 radical (unpaired) electrons. The van der Waals surface area contributed by atoms with Crippen LogP contribution in [0.4, 0.5) is 10.1 Å². The third kappa shape index (κ3) is 3.09. The third-order valence-electron chi connectivity index (χ3n) is 2.21. The van der Waals surface area contributed by atoms with Gasteiger partial charge < -0.3 is 10.4 Å². The van der Waals surface area contributed by atoms with Crippen LogP contribution in [0.25, 0.3) is 0 Å². The van der Waals surface area contributed by atoms with Gasteiger partial charge in [0.2, 0.25) is 0 Å². The van der Waals surface area contributed by atoms with Crippen molar-refractivity contribution in [2.45, 2.75) is 0 Å². The summed E-state index contributed by atoms with van der Waals surface area (Å²) < 4.78 is 12.9. The van der Waals surface area contributed by atoms with Gasteiger partial charge in [-0.2, -0.15) is 0 Å². The lowest BCUT2D eigenvalue weighted by molar-refractivity contribution is 0.0690. The van der Waals surface area contributed by atoms with Gasteiger partial charge in [-0.15, -0.1) is 0 Å². The summed E-state index contributed by atoms with van der Waals surface area (Å²) in [5.74, 6) is -2.34. The van der Waals surface area contributed by atoms with Gasteiger partial charge in [-0.1, -0.05) is 0 Å². The highest BCUT2D eigenvalue weighted by Crippen LogP contribution is 2.09. The van der Waals surface area contributed by atoms with Crippen LogP contribution in [0.1, 0.15) is 20.8 Å². The van der Waals surface area contributed by atoms with Gasteiger partial charge in [-0.3, -0.25) is 9.78 Å². The van der Waals surface area contributed by atoms with E-state index in [4.69, 9.17) is 5.11 Å². The van der Waals surface area contributed by atoms with Gasteiger partial charge in [0.25, 0.3) is 5.91 Å². The molecule has 0 bridgehead atoms. The molecule has 1 amide bonds. The van der Waals surface area contributed by atoms with E-state index in [-0.39, 0.29) is 11.3 Å². The standard InChI is InChI=1S/C12H8FN3O3/c13-8-3-7(4-14-5-8)11(17)16-9-1-2-10(12(18)19)15-6-9/h1-6H,(H,16,17)(H,18,19). The SMILES string of the molecule is O=C(Nc1ccc(C(=O)O)nc1)c1cncc(F)c1. The second kappa shape index (κ2) is 5.21. The van der Waals surface area contributed by atoms with E-state index in [1.165, 1.54) is 24.5 Å². The summed E-state index contributed by atoms with van der Waals surface area (Å²) >= 11 is 0. The number of pyridine rings is 2. The first-order valence-electron chi connectivity index (χ1n) is 5.17. The molecule has 0 fully saturated rings. The number of anilines is 1. The highest BCUT2D eigenvalue weighted by Gasteiger charge is 2.09. The van der Waals surface area contributed by atoms with Gasteiger partial charge in [-0.05, 0) is 18.2 Å². The number of rotatable bonds is 3. The second-order valence-electron chi connectivity index (χ2n) is 3.58. The topological polar surface area (TPSA) is 92.2 Å². The van der Waals surface area contributed by atoms with E-state index < -0.39 is 17.7 Å². The average molecular weight is 261 g/mol. The Morgan fingerprint density at radius 1 is 1.21 bits per heavy atom. The first kappa shape index (κ1) is 12.6. The molecular formula is C12H8FN3O3. The van der Waals surface area contributed by atoms with Crippen molar-refractivity contribution >= 4 is 17.6 Å². The minimum Gasteiger partial charge on any atom is -0.477 e. The van der Waals surface area contributed by atoms with Gasteiger partial charge in [0.1, 0.15) is 11.5 Å². The lowest BCUT2D eigenvalue weighted by Gasteiger charge is -2.04. The zero-order valence-corrected chi connectivity index (χ0v) is 9.50. The number of carboxylic acid groups (broad SMARTS) is 1. The number of nitrogens with one attached hydrogen (secondary N) is 1. The molecule has 0 aromatic carbocycles. The Hall–Kier alpha value is -2.83. The Balaban J connectivity index is 2.13. The molecule has 0 unspecified atom stereocenters. The van der Waals surface area contributed by atoms with Crippen molar-refractivity contribution in [1.82, 2.24) is 9.97 Å². The zero-order chi connectivity index (χ0) is 13.8. The minimum absolute atomic E-state index is 0.0577. The fourth-order valence-corrected chi connectivity index (χ4v) is 1.33. The van der Waals surface area contributed by atoms with Crippen molar-refractivity contribution in [3.63, 3.8) is 0 Å². The number of carbonyl (C=O) groups is 2. The van der Waals surface area contributed by atoms with Gasteiger partial charge in [-0.25, -0.2) is 14.2 Å². The molecule has 0 saturated carbocycles. The van der Waals surface area contributed by atoms with Crippen LogP contribution in [0.2, 0.25) is 0 Å². The molecule has 2 N–H and O–H groups in total. The van der Waals surface area contributed by atoms with E-state index in [0.29, 0.717) is 5.69 Å². The van der Waals surface area contributed by atoms with Crippen LogP contribution in [0, 0.1) is 5.82 Å². The normalized spacial score (nSPS) is 9.95. The molecule has 0 atom stereocenters. The van der Waals surface area contributed by atoms with Crippen molar-refractivity contribution in [2.75, 3.05) is 5.32 Å². The molecule has 0 aliphatic rings. The van der Waals surface area contributed by atoms with Gasteiger partial charge in [0.05, 0.1) is 23.6 Å². The molecule has 19 heavy (non-hydrogen) atoms. The van der Waals surface area contributed by atoms with Crippen LogP contribution < -0.4 is 5.32 Å². The molecule has 2 rings (SSSR count). The number of nitrogens with zero attached hydrogens (tertiary/aromatic N) is 2. The van der Waals surface area contributed by atoms with Crippen LogP contribution in [-0.2, 0) is 0 Å². The number of halogens is 1. The number of hydrogen-bond acceptors (Lipinski definition) is 4. The summed E-state index contributed by atoms with van der Waals surface area (Å²) in [6.07, 6.45) is 3.41. The van der Waals surface area contributed by atoms with Crippen molar-refractivity contribution in [3.8, 4) is 0 Å². The third-order valence-corrected chi connectivity index (χ3v) is 2.21. The second-order valence-corrected chi connectivity index (χ2v) is 3.58. The van der Waals surface area contributed by atoms with E-state index in [2.05, 4.69) is 15.3 Å². The van der Waals surface area contributed by atoms with Crippen LogP contribution in [0.5, 0.6) is 0 Å². The summed E-state index contributed by atoms with van der Waals surface area (Å²) in [6.45, 7) is 0. The summed E-state index contributed by atoms with van der Waals surface area (Å²) in [5, 5.41) is 11.1. The van der Waals surface area contributed by atoms with Crippen molar-refractivity contribution < 1.29 is 19.1 Å². The van der Waals surface area contributed by atoms with Crippen LogP contribution in [-0.4, -0.2) is 27.0 Å². The molecule has 2 aromatic heterocycles. The van der Waals surface area contributed by atoms with Crippen molar-refractivity contribution in [1.29, 1.82) is 0 Å². The predicted octanol–water partition coefficient (Wildman–Crippen LogP) is 1.57. The molecule has 2 aromatic rings. The van der Waals surface area contributed by atoms with E-state index in [1.54, 1.807) is 0 Å². The van der Waals surface area contributed by atoms with Crippen molar-refractivity contribution in [3.05, 3.63) is 53.9 Å². The molecule has 2 heterocycles. The number of aromatic carboxylic acids is 1. The summed E-state index contributed by atoms with van der Waals surface area (Å²) in [6, 6.07) is 3.68. The summed E-state index contributed by atoms with van der Waals surface area (Å²) in [4.78, 5) is 29.5. The van der Waals surface area contributed by atoms with Gasteiger partial charge in [0.15, 0.2) is 0 Å². The molecule has 0 spiro atoms. The van der Waals surface area contributed by atoms with E-state index in [1.807, 2.05) is 0 Å². The number of aromatic nitrogens is 2. The summed E-state index contributed by atoms with van der Waals surface area (Å²) in [7, 11) is 0. The van der Waals surface area contributed by atoms with Crippen molar-refractivity contribution in [2.24, 2.45) is 0 Å². The Morgan fingerprint density at radius 3 is 2.58 bits per heavy atom. The predicted molar refractivity (Wildman–Crippen MR) is 63.3 cm³/mol. The Kier molecular flexibility index (Phi) is 3.46. The van der Waals surface area contributed by atoms with Crippen LogP contribution in [0.3, 0.4) is 0 Å². The molecular weight excluding hydrogens is 253 g/mol. The minimum atomic E-state index is -1.16. The zero-order valence-electron chi connectivity index (χ0n) is 9.50. The number of carbonyl (C=O) groups excluding carboxylic acids is 1. The molecule has 6 nitrogen and oxygen atoms in total. The maximum atomic E-state index is 12.9. The lowest BCUT2D eigenvalue weighted by atomic mass is 10.2. The van der Waals surface area contributed by atoms with Gasteiger partial charge in [0, 0.05) is 6.20 Å². The lowest BCUT2D eigenvalue weighted by Crippen LogP contribution is -2.13. The fourth-order valence-electron chi connectivity index (χ4n) is 1.33. The number of carboxylic acids is 1. The first-order chi connectivity index (χ1) is 9.06. The van der Waals surface area contributed by atoms with E-state index in [0.717, 1.165) is 12.3 Å². The quantitative estimate of drug-likeness (QED) is 0.874. The highest BCUT2D eigenvalue weighted by molar-refractivity contribution is 6.04. The Bertz CT molecular complexity index is 628. The van der Waals surface area contributed by atoms with Gasteiger partial charge >= 0.3 is 5.97 Å². The molecule has 0 saturated heterocycles. The van der Waals surface area contributed by atoms with E-state index >= 15 is 0 Å². The number of hydrogen-bond donors (Lipinski definition) is 2. The first-order valence-corrected chi connectivity index (χ1v) is 5.17. The molecule has 96 valence electrons. The largest absolute Gasteiger partial charge is 0.477 e. The molecule has 0 aliphatic carbocycles. The monoisotopic (exact) mass is 261 g/mol. The Labute approximate surface area is 106 Å². The summed E-state index contributed by atoms with van der Waals surface area (Å²) in [5.41, 5.74) is 0.229. The molecule has 0 aliphatic heterocycles. The van der Waals surface area contributed by atoms with Crippen LogP contribution >= 0.6 is 0 Å². The highest BCUT2D eigenvalue weighted by atomic mass is 19.1. The van der Waals surface area contributed by atoms with Crippen LogP contribution in [0.15, 0.2) is 36.8 Å². The fraction of sp³-hybridized carbons (Fsp3) is 0. The number of amides is 1. The Morgan fingerprint density at radius 2 is 2.00 bits per heavy atom.